The first-order valence-electron chi connectivity index (χ1n) is 6.39. The highest BCUT2D eigenvalue weighted by Gasteiger charge is 2.34. The quantitative estimate of drug-likeness (QED) is 0.617. The maximum atomic E-state index is 13.8. The number of hydrogen-bond acceptors (Lipinski definition) is 4. The summed E-state index contributed by atoms with van der Waals surface area (Å²) in [6, 6.07) is 9.64. The number of carbonyl (C=O) groups excluding carboxylic acids is 1. The number of nitrogens with zero attached hydrogens (tertiary/aromatic N) is 1. The van der Waals surface area contributed by atoms with Crippen LogP contribution in [0.25, 0.3) is 6.08 Å². The second kappa shape index (κ2) is 6.29. The number of furan rings is 1. The number of allylic oxidation sites excluding steroid dienone is 2. The highest BCUT2D eigenvalue weighted by Crippen LogP contribution is 2.35. The molecule has 0 spiro atoms. The normalized spacial score (nSPS) is 17.1. The van der Waals surface area contributed by atoms with E-state index in [0.717, 1.165) is 11.8 Å². The van der Waals surface area contributed by atoms with Crippen molar-refractivity contribution in [2.24, 2.45) is 0 Å². The van der Waals surface area contributed by atoms with Gasteiger partial charge in [0.1, 0.15) is 11.6 Å². The van der Waals surface area contributed by atoms with Gasteiger partial charge in [0.25, 0.3) is 5.91 Å². The summed E-state index contributed by atoms with van der Waals surface area (Å²) in [5.41, 5.74) is 0.170. The standard InChI is InChI=1S/C16H10FNO2S2/c17-12-7-1-2-8-13(12)18-15(19)14(22-16(18)21)9-3-5-11-6-4-10-20-11/h1-10H. The lowest BCUT2D eigenvalue weighted by Crippen LogP contribution is -2.28. The Morgan fingerprint density at radius 3 is 2.77 bits per heavy atom. The van der Waals surface area contributed by atoms with Crippen molar-refractivity contribution in [2.75, 3.05) is 4.90 Å². The smallest absolute Gasteiger partial charge is 0.270 e. The van der Waals surface area contributed by atoms with Crippen LogP contribution in [0.1, 0.15) is 5.76 Å². The highest BCUT2D eigenvalue weighted by atomic mass is 32.2. The fourth-order valence-corrected chi connectivity index (χ4v) is 3.18. The topological polar surface area (TPSA) is 33.5 Å². The molecule has 0 N–H and O–H groups in total. The van der Waals surface area contributed by atoms with Gasteiger partial charge < -0.3 is 4.42 Å². The molecule has 110 valence electrons. The van der Waals surface area contributed by atoms with Gasteiger partial charge in [-0.3, -0.25) is 9.69 Å². The number of hydrogen-bond donors (Lipinski definition) is 0. The van der Waals surface area contributed by atoms with Crippen LogP contribution in [-0.4, -0.2) is 10.2 Å². The fraction of sp³-hybridized carbons (Fsp3) is 0. The number of benzene rings is 1. The first-order valence-corrected chi connectivity index (χ1v) is 7.62. The molecule has 3 nitrogen and oxygen atoms in total. The second-order valence-corrected chi connectivity index (χ2v) is 6.04. The summed E-state index contributed by atoms with van der Waals surface area (Å²) in [6.45, 7) is 0. The van der Waals surface area contributed by atoms with Crippen molar-refractivity contribution in [3.8, 4) is 0 Å². The van der Waals surface area contributed by atoms with E-state index in [2.05, 4.69) is 0 Å². The van der Waals surface area contributed by atoms with Crippen LogP contribution in [0.15, 0.2) is 64.1 Å². The third-order valence-corrected chi connectivity index (χ3v) is 4.26. The number of anilines is 1. The zero-order valence-corrected chi connectivity index (χ0v) is 12.9. The zero-order chi connectivity index (χ0) is 15.5. The molecule has 0 unspecified atom stereocenters. The van der Waals surface area contributed by atoms with Gasteiger partial charge in [-0.05, 0) is 36.4 Å². The third-order valence-electron chi connectivity index (χ3n) is 2.94. The Hall–Kier alpha value is -2.18. The molecule has 1 aromatic heterocycles. The van der Waals surface area contributed by atoms with Gasteiger partial charge in [0.15, 0.2) is 4.32 Å². The SMILES string of the molecule is O=C1C(=CC=Cc2ccco2)SC(=S)N1c1ccccc1F. The van der Waals surface area contributed by atoms with Crippen LogP contribution in [0, 0.1) is 5.82 Å². The van der Waals surface area contributed by atoms with Crippen LogP contribution in [0.4, 0.5) is 10.1 Å². The highest BCUT2D eigenvalue weighted by molar-refractivity contribution is 8.27. The maximum Gasteiger partial charge on any atom is 0.270 e. The van der Waals surface area contributed by atoms with Crippen LogP contribution < -0.4 is 4.90 Å². The van der Waals surface area contributed by atoms with Gasteiger partial charge in [0, 0.05) is 0 Å². The zero-order valence-electron chi connectivity index (χ0n) is 11.2. The molecule has 0 atom stereocenters. The summed E-state index contributed by atoms with van der Waals surface area (Å²) >= 11 is 6.33. The van der Waals surface area contributed by atoms with E-state index in [4.69, 9.17) is 16.6 Å². The molecule has 1 amide bonds. The Morgan fingerprint density at radius 1 is 1.23 bits per heavy atom. The van der Waals surface area contributed by atoms with Gasteiger partial charge in [0.05, 0.1) is 16.9 Å². The Bertz CT molecular complexity index is 781. The summed E-state index contributed by atoms with van der Waals surface area (Å²) in [6.07, 6.45) is 6.64. The van der Waals surface area contributed by atoms with Crippen molar-refractivity contribution in [3.05, 3.63) is 71.3 Å². The second-order valence-electron chi connectivity index (χ2n) is 4.37. The van der Waals surface area contributed by atoms with E-state index >= 15 is 0 Å². The number of rotatable bonds is 3. The van der Waals surface area contributed by atoms with Crippen molar-refractivity contribution in [1.29, 1.82) is 0 Å². The van der Waals surface area contributed by atoms with E-state index in [1.165, 1.54) is 17.0 Å². The molecule has 1 aromatic carbocycles. The molecule has 2 aromatic rings. The van der Waals surface area contributed by atoms with E-state index < -0.39 is 5.82 Å². The number of thioether (sulfide) groups is 1. The summed E-state index contributed by atoms with van der Waals surface area (Å²) < 4.78 is 19.3. The number of amides is 1. The van der Waals surface area contributed by atoms with E-state index in [-0.39, 0.29) is 11.6 Å². The van der Waals surface area contributed by atoms with E-state index in [0.29, 0.717) is 15.0 Å². The lowest BCUT2D eigenvalue weighted by Gasteiger charge is -2.14. The molecule has 0 saturated carbocycles. The molecular weight excluding hydrogens is 321 g/mol. The Morgan fingerprint density at radius 2 is 2.05 bits per heavy atom. The summed E-state index contributed by atoms with van der Waals surface area (Å²) in [5, 5.41) is 0. The number of thiocarbonyl (C=S) groups is 1. The molecule has 1 saturated heterocycles. The minimum absolute atomic E-state index is 0.170. The molecule has 22 heavy (non-hydrogen) atoms. The molecule has 2 heterocycles. The van der Waals surface area contributed by atoms with Crippen molar-refractivity contribution in [1.82, 2.24) is 0 Å². The average molecular weight is 331 g/mol. The number of carbonyl (C=O) groups is 1. The molecule has 1 fully saturated rings. The Balaban J connectivity index is 1.84. The lowest BCUT2D eigenvalue weighted by molar-refractivity contribution is -0.113. The predicted octanol–water partition coefficient (Wildman–Crippen LogP) is 4.38. The number of para-hydroxylation sites is 1. The van der Waals surface area contributed by atoms with E-state index in [1.54, 1.807) is 48.8 Å². The molecule has 3 rings (SSSR count). The van der Waals surface area contributed by atoms with Gasteiger partial charge in [-0.25, -0.2) is 4.39 Å². The fourth-order valence-electron chi connectivity index (χ4n) is 1.94. The predicted molar refractivity (Wildman–Crippen MR) is 89.9 cm³/mol. The van der Waals surface area contributed by atoms with Crippen LogP contribution in [-0.2, 0) is 4.79 Å². The van der Waals surface area contributed by atoms with Crippen molar-refractivity contribution >= 4 is 46.0 Å². The minimum Gasteiger partial charge on any atom is -0.465 e. The molecule has 0 radical (unpaired) electrons. The molecule has 0 aliphatic carbocycles. The maximum absolute atomic E-state index is 13.8. The Kier molecular flexibility index (Phi) is 4.22. The minimum atomic E-state index is -0.480. The van der Waals surface area contributed by atoms with Gasteiger partial charge in [-0.1, -0.05) is 42.2 Å². The molecule has 1 aliphatic rings. The van der Waals surface area contributed by atoms with Crippen molar-refractivity contribution in [3.63, 3.8) is 0 Å². The monoisotopic (exact) mass is 331 g/mol. The van der Waals surface area contributed by atoms with E-state index in [1.807, 2.05) is 0 Å². The molecule has 6 heteroatoms. The molecule has 1 aliphatic heterocycles. The first kappa shape index (κ1) is 14.7. The van der Waals surface area contributed by atoms with Crippen LogP contribution >= 0.6 is 24.0 Å². The average Bonchev–Trinajstić information content (AvgIpc) is 3.10. The largest absolute Gasteiger partial charge is 0.465 e. The van der Waals surface area contributed by atoms with Gasteiger partial charge in [-0.15, -0.1) is 0 Å². The molecular formula is C16H10FNO2S2. The van der Waals surface area contributed by atoms with E-state index in [9.17, 15) is 9.18 Å². The van der Waals surface area contributed by atoms with Crippen molar-refractivity contribution in [2.45, 2.75) is 0 Å². The van der Waals surface area contributed by atoms with Gasteiger partial charge in [-0.2, -0.15) is 0 Å². The molecule has 0 bridgehead atoms. The van der Waals surface area contributed by atoms with Gasteiger partial charge >= 0.3 is 0 Å². The Labute approximate surface area is 136 Å². The summed E-state index contributed by atoms with van der Waals surface area (Å²) in [4.78, 5) is 14.0. The van der Waals surface area contributed by atoms with Crippen molar-refractivity contribution < 1.29 is 13.6 Å². The summed E-state index contributed by atoms with van der Waals surface area (Å²) in [7, 11) is 0. The lowest BCUT2D eigenvalue weighted by atomic mass is 10.2. The van der Waals surface area contributed by atoms with Crippen LogP contribution in [0.3, 0.4) is 0 Å². The number of halogens is 1. The van der Waals surface area contributed by atoms with Gasteiger partial charge in [0.2, 0.25) is 0 Å². The third kappa shape index (κ3) is 2.88. The van der Waals surface area contributed by atoms with Crippen LogP contribution in [0.2, 0.25) is 0 Å². The van der Waals surface area contributed by atoms with Crippen LogP contribution in [0.5, 0.6) is 0 Å². The first-order chi connectivity index (χ1) is 10.7. The summed E-state index contributed by atoms with van der Waals surface area (Å²) in [5.74, 6) is -0.129.